The number of carbonyl (C=O) groups excluding carboxylic acids is 1. The summed E-state index contributed by atoms with van der Waals surface area (Å²) in [6.07, 6.45) is 3.20. The minimum absolute atomic E-state index is 0.0215. The van der Waals surface area contributed by atoms with Crippen LogP contribution in [0, 0.1) is 10.1 Å². The summed E-state index contributed by atoms with van der Waals surface area (Å²) in [5, 5.41) is 11.2. The summed E-state index contributed by atoms with van der Waals surface area (Å²) in [5.41, 5.74) is 1.87. The van der Waals surface area contributed by atoms with Gasteiger partial charge in [0.2, 0.25) is 5.91 Å². The Morgan fingerprint density at radius 2 is 1.71 bits per heavy atom. The van der Waals surface area contributed by atoms with Crippen molar-refractivity contribution in [1.82, 2.24) is 9.80 Å². The first-order valence-corrected chi connectivity index (χ1v) is 9.90. The molecule has 0 saturated carbocycles. The summed E-state index contributed by atoms with van der Waals surface area (Å²) >= 11 is 0. The van der Waals surface area contributed by atoms with Gasteiger partial charge >= 0.3 is 0 Å². The highest BCUT2D eigenvalue weighted by atomic mass is 16.6. The Morgan fingerprint density at radius 3 is 2.50 bits per heavy atom. The minimum atomic E-state index is -0.417. The number of amides is 1. The van der Waals surface area contributed by atoms with E-state index in [9.17, 15) is 14.9 Å². The smallest absolute Gasteiger partial charge is 0.273 e. The second-order valence-corrected chi connectivity index (χ2v) is 7.23. The lowest BCUT2D eigenvalue weighted by atomic mass is 10.1. The normalized spacial score (nSPS) is 15.2. The first-order chi connectivity index (χ1) is 13.6. The van der Waals surface area contributed by atoms with Crippen molar-refractivity contribution in [1.29, 1.82) is 0 Å². The van der Waals surface area contributed by atoms with Gasteiger partial charge in [0.1, 0.15) is 0 Å². The molecule has 0 aliphatic carbocycles. The molecule has 0 radical (unpaired) electrons. The van der Waals surface area contributed by atoms with Crippen molar-refractivity contribution in [2.45, 2.75) is 25.7 Å². The largest absolute Gasteiger partial charge is 0.341 e. The van der Waals surface area contributed by atoms with Crippen LogP contribution in [0.4, 0.5) is 5.69 Å². The van der Waals surface area contributed by atoms with Gasteiger partial charge in [0.25, 0.3) is 5.69 Å². The van der Waals surface area contributed by atoms with Gasteiger partial charge < -0.3 is 9.80 Å². The first kappa shape index (κ1) is 20.0. The number of nitro groups is 1. The Labute approximate surface area is 165 Å². The van der Waals surface area contributed by atoms with Crippen molar-refractivity contribution in [2.24, 2.45) is 0 Å². The molecule has 148 valence electrons. The van der Waals surface area contributed by atoms with Gasteiger partial charge in [0, 0.05) is 31.3 Å². The van der Waals surface area contributed by atoms with Gasteiger partial charge in [-0.2, -0.15) is 0 Å². The van der Waals surface area contributed by atoms with E-state index in [0.29, 0.717) is 18.7 Å². The Balaban J connectivity index is 1.48. The average Bonchev–Trinajstić information content (AvgIpc) is 2.95. The Kier molecular flexibility index (Phi) is 7.14. The highest BCUT2D eigenvalue weighted by Crippen LogP contribution is 2.19. The van der Waals surface area contributed by atoms with Crippen molar-refractivity contribution in [3.63, 3.8) is 0 Å². The van der Waals surface area contributed by atoms with Crippen molar-refractivity contribution >= 4 is 11.6 Å². The van der Waals surface area contributed by atoms with Crippen LogP contribution >= 0.6 is 0 Å². The van der Waals surface area contributed by atoms with Crippen molar-refractivity contribution in [3.05, 3.63) is 75.8 Å². The molecule has 0 bridgehead atoms. The summed E-state index contributed by atoms with van der Waals surface area (Å²) in [7, 11) is 0. The Hall–Kier alpha value is -2.73. The van der Waals surface area contributed by atoms with Gasteiger partial charge in [-0.15, -0.1) is 0 Å². The van der Waals surface area contributed by atoms with Crippen LogP contribution in [0.5, 0.6) is 0 Å². The number of rotatable bonds is 7. The Morgan fingerprint density at radius 1 is 0.964 bits per heavy atom. The molecule has 1 heterocycles. The fourth-order valence-corrected chi connectivity index (χ4v) is 3.71. The van der Waals surface area contributed by atoms with Gasteiger partial charge in [-0.3, -0.25) is 14.9 Å². The maximum atomic E-state index is 12.7. The molecule has 1 aliphatic heterocycles. The third-order valence-electron chi connectivity index (χ3n) is 5.25. The van der Waals surface area contributed by atoms with Gasteiger partial charge in [0.05, 0.1) is 11.3 Å². The third-order valence-corrected chi connectivity index (χ3v) is 5.25. The number of carbonyl (C=O) groups is 1. The van der Waals surface area contributed by atoms with Gasteiger partial charge in [-0.25, -0.2) is 0 Å². The average molecular weight is 381 g/mol. The van der Waals surface area contributed by atoms with Crippen LogP contribution in [0.2, 0.25) is 0 Å². The number of hydrogen-bond donors (Lipinski definition) is 0. The zero-order chi connectivity index (χ0) is 19.8. The topological polar surface area (TPSA) is 66.7 Å². The molecule has 1 amide bonds. The molecule has 3 rings (SSSR count). The number of benzene rings is 2. The molecule has 1 aliphatic rings. The molecule has 0 N–H and O–H groups in total. The van der Waals surface area contributed by atoms with Crippen LogP contribution < -0.4 is 0 Å². The van der Waals surface area contributed by atoms with Crippen molar-refractivity contribution in [3.8, 4) is 0 Å². The van der Waals surface area contributed by atoms with E-state index >= 15 is 0 Å². The quantitative estimate of drug-likeness (QED) is 0.545. The fraction of sp³-hybridized carbons (Fsp3) is 0.409. The van der Waals surface area contributed by atoms with Crippen LogP contribution in [0.15, 0.2) is 54.6 Å². The second-order valence-electron chi connectivity index (χ2n) is 7.23. The van der Waals surface area contributed by atoms with Crippen molar-refractivity contribution < 1.29 is 9.72 Å². The van der Waals surface area contributed by atoms with E-state index in [1.54, 1.807) is 18.2 Å². The molecular formula is C22H27N3O3. The minimum Gasteiger partial charge on any atom is -0.341 e. The van der Waals surface area contributed by atoms with Crippen molar-refractivity contribution in [2.75, 3.05) is 32.7 Å². The van der Waals surface area contributed by atoms with E-state index in [-0.39, 0.29) is 18.0 Å². The van der Waals surface area contributed by atoms with Gasteiger partial charge in [0.15, 0.2) is 0 Å². The maximum absolute atomic E-state index is 12.7. The zero-order valence-corrected chi connectivity index (χ0v) is 16.1. The molecule has 2 aromatic rings. The lowest BCUT2D eigenvalue weighted by Gasteiger charge is -2.22. The maximum Gasteiger partial charge on any atom is 0.273 e. The molecule has 0 aromatic heterocycles. The molecule has 6 nitrogen and oxygen atoms in total. The van der Waals surface area contributed by atoms with E-state index in [1.807, 2.05) is 11.0 Å². The summed E-state index contributed by atoms with van der Waals surface area (Å²) < 4.78 is 0. The SMILES string of the molecule is O=C(Cc1ccccc1[N+](=O)[O-])N1CCCN(CCCc2ccccc2)CC1. The number of hydrogen-bond acceptors (Lipinski definition) is 4. The molecule has 0 spiro atoms. The van der Waals surface area contributed by atoms with Crippen LogP contribution in [0.1, 0.15) is 24.0 Å². The second kappa shape index (κ2) is 9.99. The summed E-state index contributed by atoms with van der Waals surface area (Å²) in [6, 6.07) is 17.0. The molecule has 0 atom stereocenters. The summed E-state index contributed by atoms with van der Waals surface area (Å²) in [6.45, 7) is 4.28. The van der Waals surface area contributed by atoms with E-state index < -0.39 is 4.92 Å². The van der Waals surface area contributed by atoms with Crippen LogP contribution in [0.3, 0.4) is 0 Å². The molecule has 2 aromatic carbocycles. The lowest BCUT2D eigenvalue weighted by molar-refractivity contribution is -0.385. The number of nitro benzene ring substituents is 1. The highest BCUT2D eigenvalue weighted by molar-refractivity contribution is 5.80. The van der Waals surface area contributed by atoms with E-state index in [1.165, 1.54) is 11.6 Å². The van der Waals surface area contributed by atoms with Crippen LogP contribution in [0.25, 0.3) is 0 Å². The van der Waals surface area contributed by atoms with E-state index in [4.69, 9.17) is 0 Å². The number of nitrogens with zero attached hydrogens (tertiary/aromatic N) is 3. The van der Waals surface area contributed by atoms with Crippen LogP contribution in [-0.2, 0) is 17.6 Å². The standard InChI is InChI=1S/C22H27N3O3/c26-22(18-20-11-4-5-12-21(20)25(27)28)24-15-7-14-23(16-17-24)13-6-10-19-8-2-1-3-9-19/h1-5,8-9,11-12H,6-7,10,13-18H2. The molecule has 1 saturated heterocycles. The lowest BCUT2D eigenvalue weighted by Crippen LogP contribution is -2.36. The molecule has 0 unspecified atom stereocenters. The van der Waals surface area contributed by atoms with Gasteiger partial charge in [-0.1, -0.05) is 48.5 Å². The number of para-hydroxylation sites is 1. The Bertz CT molecular complexity index is 795. The summed E-state index contributed by atoms with van der Waals surface area (Å²) in [4.78, 5) is 27.7. The summed E-state index contributed by atoms with van der Waals surface area (Å²) in [5.74, 6) is -0.0274. The first-order valence-electron chi connectivity index (χ1n) is 9.90. The van der Waals surface area contributed by atoms with Gasteiger partial charge in [-0.05, 0) is 37.9 Å². The predicted molar refractivity (Wildman–Crippen MR) is 109 cm³/mol. The molecular weight excluding hydrogens is 354 g/mol. The molecule has 28 heavy (non-hydrogen) atoms. The highest BCUT2D eigenvalue weighted by Gasteiger charge is 2.22. The third kappa shape index (κ3) is 5.63. The fourth-order valence-electron chi connectivity index (χ4n) is 3.71. The van der Waals surface area contributed by atoms with Crippen LogP contribution in [-0.4, -0.2) is 53.4 Å². The predicted octanol–water partition coefficient (Wildman–Crippen LogP) is 3.30. The van der Waals surface area contributed by atoms with E-state index in [2.05, 4.69) is 29.2 Å². The molecule has 1 fully saturated rings. The molecule has 6 heteroatoms. The number of aryl methyl sites for hydroxylation is 1. The monoisotopic (exact) mass is 381 g/mol. The van der Waals surface area contributed by atoms with E-state index in [0.717, 1.165) is 38.9 Å². The zero-order valence-electron chi connectivity index (χ0n) is 16.1.